The number of ether oxygens (including phenoxy) is 5. The van der Waals surface area contributed by atoms with Crippen LogP contribution in [0.15, 0.2) is 0 Å². The number of hydrogen-bond acceptors (Lipinski definition) is 7. The molecule has 0 spiro atoms. The molecule has 0 aromatic heterocycles. The standard InChI is InChI=1S/C13H22O7/c1-11(2)16-5-7(18-11)8-9-13(6-14,10(15)17-8)20-12(3,4)19-9/h7-10,14-15H,5-6H2,1-4H3/t7-,8-,9+,10?,13+/m1/s1. The molecular formula is C13H22O7. The van der Waals surface area contributed by atoms with E-state index in [4.69, 9.17) is 23.7 Å². The monoisotopic (exact) mass is 290 g/mol. The van der Waals surface area contributed by atoms with Crippen molar-refractivity contribution in [2.75, 3.05) is 13.2 Å². The van der Waals surface area contributed by atoms with Crippen molar-refractivity contribution in [1.29, 1.82) is 0 Å². The summed E-state index contributed by atoms with van der Waals surface area (Å²) in [6.07, 6.45) is -2.81. The van der Waals surface area contributed by atoms with Gasteiger partial charge in [0.05, 0.1) is 13.2 Å². The summed E-state index contributed by atoms with van der Waals surface area (Å²) >= 11 is 0. The fraction of sp³-hybridized carbons (Fsp3) is 1.00. The fourth-order valence-corrected chi connectivity index (χ4v) is 3.18. The van der Waals surface area contributed by atoms with Crippen molar-refractivity contribution in [2.45, 2.75) is 69.5 Å². The molecule has 3 saturated heterocycles. The second-order valence-corrected chi connectivity index (χ2v) is 6.47. The summed E-state index contributed by atoms with van der Waals surface area (Å²) in [5.41, 5.74) is -1.27. The van der Waals surface area contributed by atoms with E-state index in [1.165, 1.54) is 0 Å². The number of rotatable bonds is 2. The van der Waals surface area contributed by atoms with Crippen LogP contribution >= 0.6 is 0 Å². The summed E-state index contributed by atoms with van der Waals surface area (Å²) in [6, 6.07) is 0. The molecule has 2 N–H and O–H groups in total. The van der Waals surface area contributed by atoms with Crippen LogP contribution in [0.4, 0.5) is 0 Å². The zero-order chi connectivity index (χ0) is 14.8. The lowest BCUT2D eigenvalue weighted by Crippen LogP contribution is -2.51. The molecule has 7 nitrogen and oxygen atoms in total. The summed E-state index contributed by atoms with van der Waals surface area (Å²) in [4.78, 5) is 0. The molecule has 3 rings (SSSR count). The van der Waals surface area contributed by atoms with Crippen molar-refractivity contribution in [3.8, 4) is 0 Å². The van der Waals surface area contributed by atoms with Gasteiger partial charge in [-0.15, -0.1) is 0 Å². The molecule has 3 aliphatic heterocycles. The molecule has 0 saturated carbocycles. The second-order valence-electron chi connectivity index (χ2n) is 6.47. The quantitative estimate of drug-likeness (QED) is 0.724. The van der Waals surface area contributed by atoms with Crippen LogP contribution in [0.25, 0.3) is 0 Å². The van der Waals surface area contributed by atoms with Gasteiger partial charge in [0.1, 0.15) is 18.3 Å². The zero-order valence-corrected chi connectivity index (χ0v) is 12.2. The molecule has 3 fully saturated rings. The summed E-state index contributed by atoms with van der Waals surface area (Å²) < 4.78 is 28.4. The first-order valence-corrected chi connectivity index (χ1v) is 6.83. The Balaban J connectivity index is 1.85. The minimum Gasteiger partial charge on any atom is -0.393 e. The van der Waals surface area contributed by atoms with Gasteiger partial charge in [0.2, 0.25) is 0 Å². The Labute approximate surface area is 117 Å². The van der Waals surface area contributed by atoms with Crippen molar-refractivity contribution in [1.82, 2.24) is 0 Å². The van der Waals surface area contributed by atoms with E-state index in [9.17, 15) is 10.2 Å². The fourth-order valence-electron chi connectivity index (χ4n) is 3.18. The maximum Gasteiger partial charge on any atom is 0.189 e. The maximum absolute atomic E-state index is 10.2. The van der Waals surface area contributed by atoms with Crippen molar-refractivity contribution < 1.29 is 33.9 Å². The topological polar surface area (TPSA) is 86.6 Å². The van der Waals surface area contributed by atoms with Crippen molar-refractivity contribution in [3.05, 3.63) is 0 Å². The highest BCUT2D eigenvalue weighted by molar-refractivity contribution is 5.09. The molecule has 0 aromatic rings. The van der Waals surface area contributed by atoms with Crippen LogP contribution in [0, 0.1) is 0 Å². The molecule has 0 amide bonds. The highest BCUT2D eigenvalue weighted by Crippen LogP contribution is 2.48. The lowest BCUT2D eigenvalue weighted by Gasteiger charge is -2.27. The lowest BCUT2D eigenvalue weighted by molar-refractivity contribution is -0.261. The van der Waals surface area contributed by atoms with Gasteiger partial charge in [-0.25, -0.2) is 0 Å². The number of aliphatic hydroxyl groups excluding tert-OH is 2. The van der Waals surface area contributed by atoms with Crippen LogP contribution in [0.3, 0.4) is 0 Å². The van der Waals surface area contributed by atoms with E-state index in [2.05, 4.69) is 0 Å². The number of aliphatic hydroxyl groups is 2. The van der Waals surface area contributed by atoms with E-state index in [1.54, 1.807) is 13.8 Å². The van der Waals surface area contributed by atoms with Crippen LogP contribution < -0.4 is 0 Å². The van der Waals surface area contributed by atoms with Gasteiger partial charge >= 0.3 is 0 Å². The normalized spacial score (nSPS) is 49.5. The summed E-state index contributed by atoms with van der Waals surface area (Å²) in [5, 5.41) is 19.8. The Bertz CT molecular complexity index is 396. The molecule has 0 aromatic carbocycles. The molecular weight excluding hydrogens is 268 g/mol. The third kappa shape index (κ3) is 2.09. The van der Waals surface area contributed by atoms with Crippen LogP contribution in [0.1, 0.15) is 27.7 Å². The Morgan fingerprint density at radius 2 is 1.80 bits per heavy atom. The molecule has 7 heteroatoms. The van der Waals surface area contributed by atoms with Crippen molar-refractivity contribution in [2.24, 2.45) is 0 Å². The molecule has 3 heterocycles. The average molecular weight is 290 g/mol. The molecule has 5 atom stereocenters. The van der Waals surface area contributed by atoms with Crippen LogP contribution in [0.2, 0.25) is 0 Å². The third-order valence-corrected chi connectivity index (χ3v) is 3.97. The summed E-state index contributed by atoms with van der Waals surface area (Å²) in [6.45, 7) is 7.05. The van der Waals surface area contributed by atoms with Gasteiger partial charge in [-0.2, -0.15) is 0 Å². The average Bonchev–Trinajstić information content (AvgIpc) is 2.90. The smallest absolute Gasteiger partial charge is 0.189 e. The SMILES string of the molecule is CC1(C)OC[C@H]([C@H]2OC(O)[C@@]3(CO)OC(C)(C)O[C@@H]23)O1. The van der Waals surface area contributed by atoms with Crippen LogP contribution in [-0.2, 0) is 23.7 Å². The Morgan fingerprint density at radius 3 is 2.35 bits per heavy atom. The van der Waals surface area contributed by atoms with E-state index >= 15 is 0 Å². The molecule has 3 aliphatic rings. The van der Waals surface area contributed by atoms with Gasteiger partial charge in [0, 0.05) is 0 Å². The molecule has 0 bridgehead atoms. The van der Waals surface area contributed by atoms with Crippen molar-refractivity contribution in [3.63, 3.8) is 0 Å². The molecule has 0 radical (unpaired) electrons. The minimum atomic E-state index is -1.27. The molecule has 1 unspecified atom stereocenters. The van der Waals surface area contributed by atoms with E-state index in [0.717, 1.165) is 0 Å². The highest BCUT2D eigenvalue weighted by atomic mass is 16.8. The maximum atomic E-state index is 10.2. The Morgan fingerprint density at radius 1 is 1.10 bits per heavy atom. The van der Waals surface area contributed by atoms with E-state index in [1.807, 2.05) is 13.8 Å². The lowest BCUT2D eigenvalue weighted by atomic mass is 9.94. The van der Waals surface area contributed by atoms with Crippen LogP contribution in [-0.4, -0.2) is 65.2 Å². The predicted octanol–water partition coefficient (Wildman–Crippen LogP) is -0.262. The Hall–Kier alpha value is -0.280. The van der Waals surface area contributed by atoms with Gasteiger partial charge in [-0.05, 0) is 27.7 Å². The van der Waals surface area contributed by atoms with Crippen molar-refractivity contribution >= 4 is 0 Å². The molecule has 0 aliphatic carbocycles. The second kappa shape index (κ2) is 4.36. The molecule has 116 valence electrons. The number of fused-ring (bicyclic) bond motifs is 1. The third-order valence-electron chi connectivity index (χ3n) is 3.97. The van der Waals surface area contributed by atoms with E-state index < -0.39 is 42.3 Å². The predicted molar refractivity (Wildman–Crippen MR) is 65.6 cm³/mol. The zero-order valence-electron chi connectivity index (χ0n) is 12.2. The molecule has 20 heavy (non-hydrogen) atoms. The summed E-state index contributed by atoms with van der Waals surface area (Å²) in [5.74, 6) is -1.59. The highest BCUT2D eigenvalue weighted by Gasteiger charge is 2.68. The van der Waals surface area contributed by atoms with Crippen LogP contribution in [0.5, 0.6) is 0 Å². The minimum absolute atomic E-state index is 0.339. The first-order valence-electron chi connectivity index (χ1n) is 6.83. The largest absolute Gasteiger partial charge is 0.393 e. The first-order chi connectivity index (χ1) is 9.19. The first kappa shape index (κ1) is 14.6. The van der Waals surface area contributed by atoms with Gasteiger partial charge in [-0.3, -0.25) is 0 Å². The van der Waals surface area contributed by atoms with Gasteiger partial charge in [-0.1, -0.05) is 0 Å². The van der Waals surface area contributed by atoms with Gasteiger partial charge < -0.3 is 33.9 Å². The van der Waals surface area contributed by atoms with E-state index in [-0.39, 0.29) is 6.10 Å². The number of hydrogen-bond donors (Lipinski definition) is 2. The van der Waals surface area contributed by atoms with E-state index in [0.29, 0.717) is 6.61 Å². The van der Waals surface area contributed by atoms with Gasteiger partial charge in [0.15, 0.2) is 23.5 Å². The van der Waals surface area contributed by atoms with Gasteiger partial charge in [0.25, 0.3) is 0 Å². The Kier molecular flexibility index (Phi) is 3.19. The summed E-state index contributed by atoms with van der Waals surface area (Å²) in [7, 11) is 0.